The molecule has 0 radical (unpaired) electrons. The Balaban J connectivity index is 1.51. The molecule has 7 nitrogen and oxygen atoms in total. The zero-order valence-electron chi connectivity index (χ0n) is 16.8. The Morgan fingerprint density at radius 2 is 1.81 bits per heavy atom. The van der Waals surface area contributed by atoms with E-state index in [2.05, 4.69) is 15.4 Å². The van der Waals surface area contributed by atoms with Crippen molar-refractivity contribution in [2.75, 3.05) is 15.4 Å². The fourth-order valence-electron chi connectivity index (χ4n) is 3.03. The fourth-order valence-corrected chi connectivity index (χ4v) is 5.03. The van der Waals surface area contributed by atoms with E-state index >= 15 is 0 Å². The number of hydrogen-bond donors (Lipinski definition) is 3. The van der Waals surface area contributed by atoms with Crippen LogP contribution in [0.25, 0.3) is 0 Å². The molecule has 0 saturated heterocycles. The summed E-state index contributed by atoms with van der Waals surface area (Å²) in [6, 6.07) is 16.3. The molecule has 10 heteroatoms. The molecule has 0 bridgehead atoms. The van der Waals surface area contributed by atoms with E-state index in [1.807, 2.05) is 0 Å². The van der Waals surface area contributed by atoms with Gasteiger partial charge in [-0.3, -0.25) is 14.3 Å². The van der Waals surface area contributed by atoms with E-state index in [1.165, 1.54) is 30.0 Å². The van der Waals surface area contributed by atoms with Crippen LogP contribution in [0.5, 0.6) is 0 Å². The molecular formula is C22H18FN3O4S2. The quantitative estimate of drug-likeness (QED) is 0.514. The van der Waals surface area contributed by atoms with E-state index in [4.69, 9.17) is 0 Å². The number of anilines is 3. The van der Waals surface area contributed by atoms with Crippen molar-refractivity contribution in [1.29, 1.82) is 0 Å². The highest BCUT2D eigenvalue weighted by atomic mass is 32.2. The first-order valence-electron chi connectivity index (χ1n) is 9.53. The number of benzene rings is 3. The van der Waals surface area contributed by atoms with Crippen LogP contribution < -0.4 is 15.4 Å². The lowest BCUT2D eigenvalue weighted by Crippen LogP contribution is -2.26. The lowest BCUT2D eigenvalue weighted by molar-refractivity contribution is -0.115. The van der Waals surface area contributed by atoms with Gasteiger partial charge in [0.2, 0.25) is 5.91 Å². The van der Waals surface area contributed by atoms with Crippen molar-refractivity contribution in [2.45, 2.75) is 22.0 Å². The van der Waals surface area contributed by atoms with Crippen LogP contribution in [0.4, 0.5) is 21.5 Å². The highest BCUT2D eigenvalue weighted by Gasteiger charge is 2.24. The lowest BCUT2D eigenvalue weighted by Gasteiger charge is -2.21. The maximum Gasteiger partial charge on any atom is 0.261 e. The van der Waals surface area contributed by atoms with Crippen molar-refractivity contribution in [3.05, 3.63) is 78.1 Å². The Kier molecular flexibility index (Phi) is 5.90. The molecule has 0 spiro atoms. The molecule has 1 aliphatic rings. The van der Waals surface area contributed by atoms with E-state index in [0.29, 0.717) is 11.4 Å². The number of para-hydroxylation sites is 1. The molecule has 0 unspecified atom stereocenters. The number of hydrogen-bond acceptors (Lipinski definition) is 5. The maximum absolute atomic E-state index is 14.6. The van der Waals surface area contributed by atoms with E-state index < -0.39 is 21.7 Å². The summed E-state index contributed by atoms with van der Waals surface area (Å²) in [5.74, 6) is -1.65. The molecule has 0 aliphatic carbocycles. The number of halogens is 1. The standard InChI is InChI=1S/C22H18FN3O4S2/c1-13-21(27)25-19-11-14(7-10-20(19)31-13)22(28)24-18-9-8-16(12-17(18)23)32(29,30)26-15-5-3-2-4-6-15/h2-13,26H,1H3,(H,24,28)(H,25,27)/t13-/m1/s1. The normalized spacial score (nSPS) is 15.4. The Hall–Kier alpha value is -3.37. The van der Waals surface area contributed by atoms with Crippen LogP contribution in [0, 0.1) is 5.82 Å². The highest BCUT2D eigenvalue weighted by Crippen LogP contribution is 2.36. The zero-order valence-corrected chi connectivity index (χ0v) is 18.4. The SMILES string of the molecule is C[C@H]1Sc2ccc(C(=O)Nc3ccc(S(=O)(=O)Nc4ccccc4)cc3F)cc2NC1=O. The number of amides is 2. The first-order chi connectivity index (χ1) is 15.2. The second-order valence-electron chi connectivity index (χ2n) is 7.03. The number of carbonyl (C=O) groups is 2. The molecule has 1 heterocycles. The van der Waals surface area contributed by atoms with Gasteiger partial charge in [-0.2, -0.15) is 0 Å². The Morgan fingerprint density at radius 3 is 2.53 bits per heavy atom. The third kappa shape index (κ3) is 4.61. The van der Waals surface area contributed by atoms with Crippen LogP contribution in [0.3, 0.4) is 0 Å². The van der Waals surface area contributed by atoms with Gasteiger partial charge in [-0.05, 0) is 55.5 Å². The van der Waals surface area contributed by atoms with Crippen LogP contribution in [0.2, 0.25) is 0 Å². The lowest BCUT2D eigenvalue weighted by atomic mass is 10.1. The summed E-state index contributed by atoms with van der Waals surface area (Å²) in [5, 5.41) is 4.94. The van der Waals surface area contributed by atoms with Gasteiger partial charge in [0.25, 0.3) is 15.9 Å². The Bertz CT molecular complexity index is 1310. The van der Waals surface area contributed by atoms with Gasteiger partial charge in [-0.1, -0.05) is 18.2 Å². The van der Waals surface area contributed by atoms with Crippen LogP contribution in [-0.2, 0) is 14.8 Å². The van der Waals surface area contributed by atoms with E-state index in [1.54, 1.807) is 49.4 Å². The molecule has 4 rings (SSSR count). The van der Waals surface area contributed by atoms with Crippen molar-refractivity contribution in [3.63, 3.8) is 0 Å². The number of sulfonamides is 1. The zero-order chi connectivity index (χ0) is 22.9. The Labute approximate surface area is 188 Å². The van der Waals surface area contributed by atoms with Gasteiger partial charge >= 0.3 is 0 Å². The van der Waals surface area contributed by atoms with Crippen molar-refractivity contribution in [3.8, 4) is 0 Å². The summed E-state index contributed by atoms with van der Waals surface area (Å²) in [5.41, 5.74) is 0.913. The molecule has 3 N–H and O–H groups in total. The van der Waals surface area contributed by atoms with Crippen LogP contribution in [0.15, 0.2) is 76.5 Å². The van der Waals surface area contributed by atoms with Crippen molar-refractivity contribution < 1.29 is 22.4 Å². The largest absolute Gasteiger partial charge is 0.324 e. The molecule has 0 saturated carbocycles. The van der Waals surface area contributed by atoms with Gasteiger partial charge < -0.3 is 10.6 Å². The van der Waals surface area contributed by atoms with Gasteiger partial charge in [-0.25, -0.2) is 12.8 Å². The first kappa shape index (κ1) is 21.8. The second-order valence-corrected chi connectivity index (χ2v) is 10.1. The van der Waals surface area contributed by atoms with Gasteiger partial charge in [0.15, 0.2) is 0 Å². The number of rotatable bonds is 5. The van der Waals surface area contributed by atoms with Crippen molar-refractivity contribution >= 4 is 50.7 Å². The molecular weight excluding hydrogens is 453 g/mol. The molecule has 2 amide bonds. The molecule has 3 aromatic rings. The topological polar surface area (TPSA) is 104 Å². The fraction of sp³-hybridized carbons (Fsp3) is 0.0909. The molecule has 1 aliphatic heterocycles. The van der Waals surface area contributed by atoms with Crippen LogP contribution >= 0.6 is 11.8 Å². The average molecular weight is 472 g/mol. The summed E-state index contributed by atoms with van der Waals surface area (Å²) in [6.45, 7) is 1.78. The van der Waals surface area contributed by atoms with Crippen molar-refractivity contribution in [1.82, 2.24) is 0 Å². The average Bonchev–Trinajstić information content (AvgIpc) is 2.76. The molecule has 32 heavy (non-hydrogen) atoms. The van der Waals surface area contributed by atoms with Gasteiger partial charge in [0.1, 0.15) is 5.82 Å². The highest BCUT2D eigenvalue weighted by molar-refractivity contribution is 8.01. The number of thioether (sulfide) groups is 1. The maximum atomic E-state index is 14.6. The van der Waals surface area contributed by atoms with Gasteiger partial charge in [-0.15, -0.1) is 11.8 Å². The minimum absolute atomic E-state index is 0.160. The third-order valence-electron chi connectivity index (χ3n) is 4.70. The Morgan fingerprint density at radius 1 is 1.06 bits per heavy atom. The predicted molar refractivity (Wildman–Crippen MR) is 122 cm³/mol. The van der Waals surface area contributed by atoms with E-state index in [0.717, 1.165) is 11.0 Å². The second kappa shape index (κ2) is 8.64. The minimum Gasteiger partial charge on any atom is -0.324 e. The molecule has 0 fully saturated rings. The number of carbonyl (C=O) groups excluding carboxylic acids is 2. The monoisotopic (exact) mass is 471 g/mol. The summed E-state index contributed by atoms with van der Waals surface area (Å²) in [6.07, 6.45) is 0. The van der Waals surface area contributed by atoms with Crippen LogP contribution in [0.1, 0.15) is 17.3 Å². The molecule has 1 atom stereocenters. The third-order valence-corrected chi connectivity index (χ3v) is 7.25. The van der Waals surface area contributed by atoms with E-state index in [-0.39, 0.29) is 27.3 Å². The predicted octanol–water partition coefficient (Wildman–Crippen LogP) is 4.31. The number of nitrogens with one attached hydrogen (secondary N) is 3. The number of fused-ring (bicyclic) bond motifs is 1. The smallest absolute Gasteiger partial charge is 0.261 e. The summed E-state index contributed by atoms with van der Waals surface area (Å²) < 4.78 is 41.9. The first-order valence-corrected chi connectivity index (χ1v) is 11.9. The van der Waals surface area contributed by atoms with Crippen molar-refractivity contribution in [2.24, 2.45) is 0 Å². The molecule has 0 aromatic heterocycles. The van der Waals surface area contributed by atoms with Gasteiger partial charge in [0, 0.05) is 16.1 Å². The minimum atomic E-state index is -4.00. The summed E-state index contributed by atoms with van der Waals surface area (Å²) >= 11 is 1.38. The summed E-state index contributed by atoms with van der Waals surface area (Å²) in [7, 11) is -4.00. The molecule has 164 valence electrons. The summed E-state index contributed by atoms with van der Waals surface area (Å²) in [4.78, 5) is 25.0. The van der Waals surface area contributed by atoms with Crippen LogP contribution in [-0.4, -0.2) is 25.5 Å². The van der Waals surface area contributed by atoms with E-state index in [9.17, 15) is 22.4 Å². The molecule has 3 aromatic carbocycles. The van der Waals surface area contributed by atoms with Gasteiger partial charge in [0.05, 0.1) is 21.5 Å².